The molecule has 0 spiro atoms. The third-order valence-electron chi connectivity index (χ3n) is 3.86. The number of nitrogens with one attached hydrogen (secondary N) is 1. The summed E-state index contributed by atoms with van der Waals surface area (Å²) >= 11 is 0. The molecule has 1 fully saturated rings. The number of para-hydroxylation sites is 1. The number of ether oxygens (including phenoxy) is 1. The monoisotopic (exact) mass is 274 g/mol. The molecule has 0 saturated carbocycles. The first-order valence-electron chi connectivity index (χ1n) is 6.80. The van der Waals surface area contributed by atoms with Crippen LogP contribution in [0.2, 0.25) is 0 Å². The minimum absolute atomic E-state index is 0.588. The van der Waals surface area contributed by atoms with E-state index >= 15 is 0 Å². The number of benzene rings is 1. The Morgan fingerprint density at radius 1 is 1.35 bits per heavy atom. The maximum Gasteiger partial charge on any atom is 0.325 e. The molecule has 5 heteroatoms. The number of aliphatic carboxylic acids is 1. The molecule has 0 radical (unpaired) electrons. The summed E-state index contributed by atoms with van der Waals surface area (Å²) in [5.41, 5.74) is 2.78. The Labute approximate surface area is 117 Å². The fourth-order valence-electron chi connectivity index (χ4n) is 2.95. The van der Waals surface area contributed by atoms with Crippen molar-refractivity contribution >= 4 is 16.9 Å². The van der Waals surface area contributed by atoms with Gasteiger partial charge in [-0.2, -0.15) is 0 Å². The van der Waals surface area contributed by atoms with E-state index in [0.717, 1.165) is 22.2 Å². The van der Waals surface area contributed by atoms with E-state index < -0.39 is 12.0 Å². The minimum Gasteiger partial charge on any atom is -0.480 e. The molecule has 1 aliphatic heterocycles. The van der Waals surface area contributed by atoms with Gasteiger partial charge in [0.25, 0.3) is 0 Å². The first-order valence-corrected chi connectivity index (χ1v) is 6.80. The van der Waals surface area contributed by atoms with Crippen LogP contribution in [-0.2, 0) is 9.53 Å². The number of aromatic nitrogens is 1. The lowest BCUT2D eigenvalue weighted by Crippen LogP contribution is -2.42. The zero-order chi connectivity index (χ0) is 14.1. The maximum atomic E-state index is 11.8. The highest BCUT2D eigenvalue weighted by atomic mass is 16.5. The van der Waals surface area contributed by atoms with E-state index in [-0.39, 0.29) is 0 Å². The second-order valence-electron chi connectivity index (χ2n) is 5.10. The molecular formula is C15H18N2O3. The topological polar surface area (TPSA) is 65.6 Å². The predicted octanol–water partition coefficient (Wildman–Crippen LogP) is 1.93. The lowest BCUT2D eigenvalue weighted by molar-refractivity contribution is -0.145. The molecular weight excluding hydrogens is 256 g/mol. The quantitative estimate of drug-likeness (QED) is 0.897. The Kier molecular flexibility index (Phi) is 3.46. The van der Waals surface area contributed by atoms with Crippen LogP contribution in [0.25, 0.3) is 10.9 Å². The number of carboxylic acids is 1. The lowest BCUT2D eigenvalue weighted by Gasteiger charge is -2.32. The van der Waals surface area contributed by atoms with Gasteiger partial charge in [-0.1, -0.05) is 18.2 Å². The second-order valence-corrected chi connectivity index (χ2v) is 5.10. The molecule has 2 aromatic rings. The van der Waals surface area contributed by atoms with E-state index in [9.17, 15) is 9.90 Å². The summed E-state index contributed by atoms with van der Waals surface area (Å²) in [5, 5.41) is 10.7. The van der Waals surface area contributed by atoms with E-state index in [1.165, 1.54) is 0 Å². The van der Waals surface area contributed by atoms with Gasteiger partial charge in [0.05, 0.1) is 13.2 Å². The number of carbonyl (C=O) groups is 1. The molecule has 1 aromatic carbocycles. The Morgan fingerprint density at radius 2 is 2.05 bits per heavy atom. The van der Waals surface area contributed by atoms with Crippen LogP contribution in [0.5, 0.6) is 0 Å². The standard InChI is InChI=1S/C15H18N2O3/c1-10-13(11-4-2-3-5-12(11)16-10)14(15(18)19)17-6-8-20-9-7-17/h2-5,14,16H,6-9H2,1H3,(H,18,19)/t14-/m0/s1. The average Bonchev–Trinajstić information content (AvgIpc) is 2.77. The molecule has 5 nitrogen and oxygen atoms in total. The number of aromatic amines is 1. The molecule has 0 unspecified atom stereocenters. The van der Waals surface area contributed by atoms with Gasteiger partial charge < -0.3 is 14.8 Å². The molecule has 106 valence electrons. The summed E-state index contributed by atoms with van der Waals surface area (Å²) in [7, 11) is 0. The normalized spacial score (nSPS) is 18.2. The van der Waals surface area contributed by atoms with Gasteiger partial charge in [-0.25, -0.2) is 0 Å². The van der Waals surface area contributed by atoms with Gasteiger partial charge in [-0.15, -0.1) is 0 Å². The van der Waals surface area contributed by atoms with Gasteiger partial charge >= 0.3 is 5.97 Å². The Morgan fingerprint density at radius 3 is 2.75 bits per heavy atom. The van der Waals surface area contributed by atoms with Gasteiger partial charge in [0.15, 0.2) is 0 Å². The molecule has 0 aliphatic carbocycles. The van der Waals surface area contributed by atoms with Crippen molar-refractivity contribution < 1.29 is 14.6 Å². The van der Waals surface area contributed by atoms with Gasteiger partial charge in [0, 0.05) is 35.2 Å². The van der Waals surface area contributed by atoms with Gasteiger partial charge in [0.1, 0.15) is 6.04 Å². The van der Waals surface area contributed by atoms with E-state index in [0.29, 0.717) is 26.3 Å². The van der Waals surface area contributed by atoms with Crippen LogP contribution in [-0.4, -0.2) is 47.3 Å². The summed E-state index contributed by atoms with van der Waals surface area (Å²) in [6, 6.07) is 7.23. The maximum absolute atomic E-state index is 11.8. The van der Waals surface area contributed by atoms with E-state index in [1.807, 2.05) is 36.1 Å². The Bertz CT molecular complexity index is 629. The van der Waals surface area contributed by atoms with Crippen molar-refractivity contribution in [3.63, 3.8) is 0 Å². The van der Waals surface area contributed by atoms with E-state index in [1.54, 1.807) is 0 Å². The number of morpholine rings is 1. The molecule has 1 aliphatic rings. The van der Waals surface area contributed by atoms with Crippen LogP contribution in [0.4, 0.5) is 0 Å². The van der Waals surface area contributed by atoms with Crippen molar-refractivity contribution in [2.75, 3.05) is 26.3 Å². The molecule has 3 rings (SSSR count). The SMILES string of the molecule is Cc1[nH]c2ccccc2c1[C@@H](C(=O)O)N1CCOCC1. The minimum atomic E-state index is -0.806. The zero-order valence-corrected chi connectivity index (χ0v) is 11.4. The molecule has 2 heterocycles. The van der Waals surface area contributed by atoms with Crippen molar-refractivity contribution in [1.29, 1.82) is 0 Å². The smallest absolute Gasteiger partial charge is 0.325 e. The lowest BCUT2D eigenvalue weighted by atomic mass is 10.0. The summed E-state index contributed by atoms with van der Waals surface area (Å²) in [6.07, 6.45) is 0. The number of aryl methyl sites for hydroxylation is 1. The van der Waals surface area contributed by atoms with Crippen molar-refractivity contribution in [3.8, 4) is 0 Å². The van der Waals surface area contributed by atoms with Crippen LogP contribution in [0.3, 0.4) is 0 Å². The third kappa shape index (κ3) is 2.19. The number of H-pyrrole nitrogens is 1. The van der Waals surface area contributed by atoms with Gasteiger partial charge in [-0.3, -0.25) is 9.69 Å². The number of rotatable bonds is 3. The number of fused-ring (bicyclic) bond motifs is 1. The first-order chi connectivity index (χ1) is 9.68. The highest BCUT2D eigenvalue weighted by Crippen LogP contribution is 2.32. The summed E-state index contributed by atoms with van der Waals surface area (Å²) < 4.78 is 5.32. The summed E-state index contributed by atoms with van der Waals surface area (Å²) in [5.74, 6) is -0.806. The van der Waals surface area contributed by atoms with Crippen molar-refractivity contribution in [2.45, 2.75) is 13.0 Å². The van der Waals surface area contributed by atoms with Crippen molar-refractivity contribution in [2.24, 2.45) is 0 Å². The molecule has 20 heavy (non-hydrogen) atoms. The van der Waals surface area contributed by atoms with Gasteiger partial charge in [-0.05, 0) is 13.0 Å². The second kappa shape index (κ2) is 5.26. The molecule has 1 atom stereocenters. The molecule has 0 amide bonds. The van der Waals surface area contributed by atoms with Crippen LogP contribution < -0.4 is 0 Å². The van der Waals surface area contributed by atoms with E-state index in [4.69, 9.17) is 4.74 Å². The van der Waals surface area contributed by atoms with E-state index in [2.05, 4.69) is 4.98 Å². The van der Waals surface area contributed by atoms with Crippen molar-refractivity contribution in [1.82, 2.24) is 9.88 Å². The fourth-order valence-corrected chi connectivity index (χ4v) is 2.95. The highest BCUT2D eigenvalue weighted by Gasteiger charge is 2.32. The Balaban J connectivity index is 2.09. The number of hydrogen-bond acceptors (Lipinski definition) is 3. The molecule has 1 aromatic heterocycles. The number of nitrogens with zero attached hydrogens (tertiary/aromatic N) is 1. The zero-order valence-electron chi connectivity index (χ0n) is 11.4. The van der Waals surface area contributed by atoms with Crippen LogP contribution in [0, 0.1) is 6.92 Å². The van der Waals surface area contributed by atoms with Gasteiger partial charge in [0.2, 0.25) is 0 Å². The molecule has 1 saturated heterocycles. The number of carboxylic acid groups (broad SMARTS) is 1. The molecule has 0 bridgehead atoms. The first kappa shape index (κ1) is 13.1. The summed E-state index contributed by atoms with van der Waals surface area (Å²) in [4.78, 5) is 17.1. The Hall–Kier alpha value is -1.85. The largest absolute Gasteiger partial charge is 0.480 e. The fraction of sp³-hybridized carbons (Fsp3) is 0.400. The van der Waals surface area contributed by atoms with Crippen molar-refractivity contribution in [3.05, 3.63) is 35.5 Å². The molecule has 2 N–H and O–H groups in total. The number of hydrogen-bond donors (Lipinski definition) is 2. The summed E-state index contributed by atoms with van der Waals surface area (Å²) in [6.45, 7) is 4.41. The van der Waals surface area contributed by atoms with Crippen LogP contribution >= 0.6 is 0 Å². The third-order valence-corrected chi connectivity index (χ3v) is 3.86. The predicted molar refractivity (Wildman–Crippen MR) is 75.8 cm³/mol. The average molecular weight is 274 g/mol. The van der Waals surface area contributed by atoms with Crippen LogP contribution in [0.1, 0.15) is 17.3 Å². The highest BCUT2D eigenvalue weighted by molar-refractivity contribution is 5.90. The van der Waals surface area contributed by atoms with Crippen LogP contribution in [0.15, 0.2) is 24.3 Å².